The lowest BCUT2D eigenvalue weighted by Crippen LogP contribution is -2.09. The maximum absolute atomic E-state index is 5.38. The van der Waals surface area contributed by atoms with Crippen molar-refractivity contribution >= 4 is 0 Å². The zero-order chi connectivity index (χ0) is 8.67. The van der Waals surface area contributed by atoms with E-state index in [-0.39, 0.29) is 0 Å². The Morgan fingerprint density at radius 1 is 1.23 bits per heavy atom. The second-order valence-electron chi connectivity index (χ2n) is 3.65. The normalized spacial score (nSPS) is 25.4. The van der Waals surface area contributed by atoms with Crippen LogP contribution in [0.4, 0.5) is 0 Å². The lowest BCUT2D eigenvalue weighted by atomic mass is 9.99. The maximum atomic E-state index is 5.38. The number of rotatable bonds is 1. The van der Waals surface area contributed by atoms with Crippen LogP contribution in [-0.2, 0) is 22.5 Å². The van der Waals surface area contributed by atoms with Gasteiger partial charge in [-0.2, -0.15) is 0 Å². The lowest BCUT2D eigenvalue weighted by molar-refractivity contribution is 0.110. The minimum atomic E-state index is 0.383. The Bertz CT molecular complexity index is 329. The molecule has 2 heteroatoms. The molecule has 3 rings (SSSR count). The van der Waals surface area contributed by atoms with Gasteiger partial charge in [-0.1, -0.05) is 18.2 Å². The van der Waals surface area contributed by atoms with E-state index >= 15 is 0 Å². The maximum Gasteiger partial charge on any atom is 0.106 e. The minimum Gasteiger partial charge on any atom is -0.376 e. The highest BCUT2D eigenvalue weighted by Gasteiger charge is 2.25. The van der Waals surface area contributed by atoms with Crippen LogP contribution in [0.1, 0.15) is 22.8 Å². The number of benzene rings is 1. The van der Waals surface area contributed by atoms with Crippen LogP contribution in [0.15, 0.2) is 18.2 Å². The van der Waals surface area contributed by atoms with Crippen LogP contribution in [0.25, 0.3) is 0 Å². The van der Waals surface area contributed by atoms with Gasteiger partial charge < -0.3 is 9.47 Å². The van der Waals surface area contributed by atoms with Crippen molar-refractivity contribution in [2.24, 2.45) is 0 Å². The summed E-state index contributed by atoms with van der Waals surface area (Å²) in [4.78, 5) is 0. The van der Waals surface area contributed by atoms with Crippen LogP contribution in [0.5, 0.6) is 0 Å². The number of ether oxygens (including phenoxy) is 2. The molecule has 2 aliphatic rings. The van der Waals surface area contributed by atoms with Gasteiger partial charge in [0, 0.05) is 0 Å². The Kier molecular flexibility index (Phi) is 1.64. The highest BCUT2D eigenvalue weighted by molar-refractivity contribution is 5.34. The summed E-state index contributed by atoms with van der Waals surface area (Å²) in [6.45, 7) is 2.54. The van der Waals surface area contributed by atoms with E-state index in [2.05, 4.69) is 18.2 Å². The van der Waals surface area contributed by atoms with Crippen LogP contribution < -0.4 is 0 Å². The zero-order valence-corrected chi connectivity index (χ0v) is 7.45. The Balaban J connectivity index is 1.98. The topological polar surface area (TPSA) is 21.8 Å². The third kappa shape index (κ3) is 1.36. The van der Waals surface area contributed by atoms with E-state index in [9.17, 15) is 0 Å². The molecule has 13 heavy (non-hydrogen) atoms. The summed E-state index contributed by atoms with van der Waals surface area (Å²) < 4.78 is 10.6. The monoisotopic (exact) mass is 176 g/mol. The van der Waals surface area contributed by atoms with Gasteiger partial charge in [0.05, 0.1) is 19.8 Å². The van der Waals surface area contributed by atoms with Gasteiger partial charge >= 0.3 is 0 Å². The van der Waals surface area contributed by atoms with E-state index < -0.39 is 0 Å². The van der Waals surface area contributed by atoms with Gasteiger partial charge in [0.15, 0.2) is 0 Å². The van der Waals surface area contributed by atoms with Crippen molar-refractivity contribution in [1.82, 2.24) is 0 Å². The minimum absolute atomic E-state index is 0.383. The first-order valence-corrected chi connectivity index (χ1v) is 4.74. The molecular formula is C11H12O2. The smallest absolute Gasteiger partial charge is 0.106 e. The third-order valence-corrected chi connectivity index (χ3v) is 2.71. The van der Waals surface area contributed by atoms with Crippen molar-refractivity contribution in [2.45, 2.75) is 19.1 Å². The largest absolute Gasteiger partial charge is 0.376 e. The molecule has 1 aromatic rings. The van der Waals surface area contributed by atoms with Crippen molar-refractivity contribution in [3.05, 3.63) is 34.9 Å². The molecule has 2 nitrogen and oxygen atoms in total. The van der Waals surface area contributed by atoms with Crippen LogP contribution >= 0.6 is 0 Å². The lowest BCUT2D eigenvalue weighted by Gasteiger charge is -2.16. The Morgan fingerprint density at radius 2 is 2.15 bits per heavy atom. The van der Waals surface area contributed by atoms with Crippen molar-refractivity contribution in [2.75, 3.05) is 13.2 Å². The molecule has 0 saturated carbocycles. The SMILES string of the molecule is c1cc2c(cc1[C@H]1CO1)CCOC2. The summed E-state index contributed by atoms with van der Waals surface area (Å²) in [5.41, 5.74) is 4.12. The highest BCUT2D eigenvalue weighted by atomic mass is 16.6. The predicted molar refractivity (Wildman–Crippen MR) is 48.5 cm³/mol. The predicted octanol–water partition coefficient (Wildman–Crippen LogP) is 1.83. The van der Waals surface area contributed by atoms with Gasteiger partial charge in [-0.15, -0.1) is 0 Å². The fourth-order valence-corrected chi connectivity index (χ4v) is 1.82. The van der Waals surface area contributed by atoms with Gasteiger partial charge in [0.1, 0.15) is 6.10 Å². The molecule has 0 radical (unpaired) electrons. The van der Waals surface area contributed by atoms with Crippen LogP contribution in [0, 0.1) is 0 Å². The van der Waals surface area contributed by atoms with E-state index in [1.54, 1.807) is 0 Å². The molecule has 0 aliphatic carbocycles. The fraction of sp³-hybridized carbons (Fsp3) is 0.455. The zero-order valence-electron chi connectivity index (χ0n) is 7.45. The van der Waals surface area contributed by atoms with Crippen LogP contribution in [0.3, 0.4) is 0 Å². The average molecular weight is 176 g/mol. The Hall–Kier alpha value is -0.860. The molecule has 1 atom stereocenters. The fourth-order valence-electron chi connectivity index (χ4n) is 1.82. The molecular weight excluding hydrogens is 164 g/mol. The van der Waals surface area contributed by atoms with Gasteiger partial charge in [0.25, 0.3) is 0 Å². The van der Waals surface area contributed by atoms with E-state index in [0.29, 0.717) is 6.10 Å². The number of epoxide rings is 1. The molecule has 0 N–H and O–H groups in total. The van der Waals surface area contributed by atoms with Crippen LogP contribution in [-0.4, -0.2) is 13.2 Å². The Labute approximate surface area is 77.5 Å². The first-order chi connectivity index (χ1) is 6.43. The first kappa shape index (κ1) is 7.54. The number of hydrogen-bond acceptors (Lipinski definition) is 2. The molecule has 0 unspecified atom stereocenters. The first-order valence-electron chi connectivity index (χ1n) is 4.74. The van der Waals surface area contributed by atoms with Crippen LogP contribution in [0.2, 0.25) is 0 Å². The van der Waals surface area contributed by atoms with Gasteiger partial charge in [-0.05, 0) is 23.1 Å². The highest BCUT2D eigenvalue weighted by Crippen LogP contribution is 2.31. The van der Waals surface area contributed by atoms with Gasteiger partial charge in [-0.3, -0.25) is 0 Å². The third-order valence-electron chi connectivity index (χ3n) is 2.71. The summed E-state index contributed by atoms with van der Waals surface area (Å²) in [6, 6.07) is 6.60. The Morgan fingerprint density at radius 3 is 3.00 bits per heavy atom. The molecule has 0 aromatic heterocycles. The molecule has 0 bridgehead atoms. The molecule has 1 saturated heterocycles. The second-order valence-corrected chi connectivity index (χ2v) is 3.65. The molecule has 68 valence electrons. The van der Waals surface area contributed by atoms with Crippen molar-refractivity contribution in [3.8, 4) is 0 Å². The summed E-state index contributed by atoms with van der Waals surface area (Å²) in [5.74, 6) is 0. The van der Waals surface area contributed by atoms with E-state index in [0.717, 1.165) is 26.2 Å². The summed E-state index contributed by atoms with van der Waals surface area (Å²) in [5, 5.41) is 0. The summed E-state index contributed by atoms with van der Waals surface area (Å²) >= 11 is 0. The van der Waals surface area contributed by atoms with Gasteiger partial charge in [-0.25, -0.2) is 0 Å². The molecule has 0 amide bonds. The van der Waals surface area contributed by atoms with E-state index in [1.165, 1.54) is 16.7 Å². The average Bonchev–Trinajstić information content (AvgIpc) is 3.00. The van der Waals surface area contributed by atoms with E-state index in [4.69, 9.17) is 9.47 Å². The standard InChI is InChI=1S/C11H12O2/c1-2-10-6-12-4-3-8(10)5-9(1)11-7-13-11/h1-2,5,11H,3-4,6-7H2/t11-/m1/s1. The summed E-state index contributed by atoms with van der Waals surface area (Å²) in [7, 11) is 0. The second kappa shape index (κ2) is 2.82. The quantitative estimate of drug-likeness (QED) is 0.609. The molecule has 2 aliphatic heterocycles. The van der Waals surface area contributed by atoms with Crippen molar-refractivity contribution in [3.63, 3.8) is 0 Å². The summed E-state index contributed by atoms with van der Waals surface area (Å²) in [6.07, 6.45) is 1.43. The number of fused-ring (bicyclic) bond motifs is 1. The molecule has 1 aromatic carbocycles. The molecule has 0 spiro atoms. The van der Waals surface area contributed by atoms with Crippen molar-refractivity contribution < 1.29 is 9.47 Å². The molecule has 2 heterocycles. The number of hydrogen-bond donors (Lipinski definition) is 0. The van der Waals surface area contributed by atoms with E-state index in [1.807, 2.05) is 0 Å². The molecule has 1 fully saturated rings. The van der Waals surface area contributed by atoms with Crippen molar-refractivity contribution in [1.29, 1.82) is 0 Å². The van der Waals surface area contributed by atoms with Gasteiger partial charge in [0.2, 0.25) is 0 Å².